The van der Waals surface area contributed by atoms with Gasteiger partial charge in [0.15, 0.2) is 0 Å². The smallest absolute Gasteiger partial charge is 0.418 e. The van der Waals surface area contributed by atoms with Gasteiger partial charge in [-0.25, -0.2) is 8.78 Å². The van der Waals surface area contributed by atoms with Crippen LogP contribution in [0.1, 0.15) is 35.7 Å². The summed E-state index contributed by atoms with van der Waals surface area (Å²) in [6, 6.07) is 1.26. The molecule has 0 aliphatic rings. The van der Waals surface area contributed by atoms with Crippen molar-refractivity contribution < 1.29 is 31.5 Å². The average Bonchev–Trinajstić information content (AvgIpc) is 2.36. The lowest BCUT2D eigenvalue weighted by Crippen LogP contribution is -2.16. The number of nitrogens with zero attached hydrogens (tertiary/aromatic N) is 2. The van der Waals surface area contributed by atoms with E-state index in [0.717, 1.165) is 0 Å². The summed E-state index contributed by atoms with van der Waals surface area (Å²) in [5, 5.41) is 8.84. The fourth-order valence-corrected chi connectivity index (χ4v) is 1.63. The maximum atomic E-state index is 12.9. The normalized spacial score (nSPS) is 11.3. The van der Waals surface area contributed by atoms with Crippen LogP contribution < -0.4 is 0 Å². The Morgan fingerprint density at radius 2 is 2.10 bits per heavy atom. The topological polar surface area (TPSA) is 63.0 Å². The molecule has 0 fully saturated rings. The number of hydrogen-bond donors (Lipinski definition) is 0. The van der Waals surface area contributed by atoms with Gasteiger partial charge in [-0.1, -0.05) is 0 Å². The number of nitriles is 1. The monoisotopic (exact) mass is 308 g/mol. The van der Waals surface area contributed by atoms with Gasteiger partial charge in [0.05, 0.1) is 35.4 Å². The molecule has 4 nitrogen and oxygen atoms in total. The summed E-state index contributed by atoms with van der Waals surface area (Å²) in [6.45, 7) is 1.50. The van der Waals surface area contributed by atoms with Gasteiger partial charge in [0, 0.05) is 6.20 Å². The molecule has 21 heavy (non-hydrogen) atoms. The van der Waals surface area contributed by atoms with Crippen LogP contribution in [0.15, 0.2) is 6.20 Å². The fourth-order valence-electron chi connectivity index (χ4n) is 1.63. The number of ether oxygens (including phenoxy) is 1. The van der Waals surface area contributed by atoms with Crippen LogP contribution in [0.3, 0.4) is 0 Å². The first-order valence-electron chi connectivity index (χ1n) is 5.65. The van der Waals surface area contributed by atoms with Gasteiger partial charge in [-0.05, 0) is 6.92 Å². The van der Waals surface area contributed by atoms with Gasteiger partial charge < -0.3 is 4.74 Å². The van der Waals surface area contributed by atoms with Crippen molar-refractivity contribution in [1.82, 2.24) is 4.98 Å². The molecule has 0 aliphatic heterocycles. The summed E-state index contributed by atoms with van der Waals surface area (Å²) >= 11 is 0. The highest BCUT2D eigenvalue weighted by molar-refractivity contribution is 5.73. The number of rotatable bonds is 4. The molecule has 0 aromatic carbocycles. The first-order valence-corrected chi connectivity index (χ1v) is 5.65. The molecule has 9 heteroatoms. The predicted molar refractivity (Wildman–Crippen MR) is 59.2 cm³/mol. The largest absolute Gasteiger partial charge is 0.466 e. The molecule has 0 saturated carbocycles. The zero-order valence-corrected chi connectivity index (χ0v) is 10.7. The van der Waals surface area contributed by atoms with Gasteiger partial charge in [-0.15, -0.1) is 0 Å². The third-order valence-electron chi connectivity index (χ3n) is 2.45. The summed E-state index contributed by atoms with van der Waals surface area (Å²) in [7, 11) is 0. The van der Waals surface area contributed by atoms with Crippen LogP contribution in [0, 0.1) is 11.3 Å². The van der Waals surface area contributed by atoms with Crippen molar-refractivity contribution in [3.05, 3.63) is 28.6 Å². The lowest BCUT2D eigenvalue weighted by atomic mass is 10.0. The molecular formula is C12H9F5N2O2. The van der Waals surface area contributed by atoms with Crippen LogP contribution in [-0.4, -0.2) is 17.6 Å². The van der Waals surface area contributed by atoms with Gasteiger partial charge in [0.2, 0.25) is 0 Å². The molecule has 1 aromatic rings. The summed E-state index contributed by atoms with van der Waals surface area (Å²) in [4.78, 5) is 14.6. The number of aromatic nitrogens is 1. The van der Waals surface area contributed by atoms with Crippen molar-refractivity contribution in [1.29, 1.82) is 5.26 Å². The Hall–Kier alpha value is -2.24. The standard InChI is InChI=1S/C12H9F5N2O2/c1-2-21-9(20)3-8-6(4-18)10(11(13)14)7(5-19-8)12(15,16)17/h5,11H,2-3H2,1H3. The molecular weight excluding hydrogens is 299 g/mol. The van der Waals surface area contributed by atoms with E-state index in [2.05, 4.69) is 9.72 Å². The molecule has 0 atom stereocenters. The van der Waals surface area contributed by atoms with Crippen LogP contribution in [0.4, 0.5) is 22.0 Å². The number of carbonyl (C=O) groups excluding carboxylic acids is 1. The molecule has 1 aromatic heterocycles. The number of esters is 1. The number of carbonyl (C=O) groups is 1. The van der Waals surface area contributed by atoms with E-state index in [1.165, 1.54) is 13.0 Å². The Bertz CT molecular complexity index is 578. The third-order valence-corrected chi connectivity index (χ3v) is 2.45. The van der Waals surface area contributed by atoms with Crippen LogP contribution in [0.2, 0.25) is 0 Å². The van der Waals surface area contributed by atoms with Gasteiger partial charge in [-0.2, -0.15) is 18.4 Å². The van der Waals surface area contributed by atoms with E-state index in [1.54, 1.807) is 0 Å². The van der Waals surface area contributed by atoms with Crippen molar-refractivity contribution >= 4 is 5.97 Å². The van der Waals surface area contributed by atoms with Crippen LogP contribution in [0.25, 0.3) is 0 Å². The second-order valence-corrected chi connectivity index (χ2v) is 3.80. The number of pyridine rings is 1. The van der Waals surface area contributed by atoms with Crippen molar-refractivity contribution in [3.8, 4) is 6.07 Å². The summed E-state index contributed by atoms with van der Waals surface area (Å²) in [6.07, 6.45) is -9.07. The second kappa shape index (κ2) is 6.47. The Balaban J connectivity index is 3.41. The van der Waals surface area contributed by atoms with E-state index in [4.69, 9.17) is 5.26 Å². The predicted octanol–water partition coefficient (Wildman–Crippen LogP) is 3.02. The highest BCUT2D eigenvalue weighted by Gasteiger charge is 2.38. The van der Waals surface area contributed by atoms with E-state index in [9.17, 15) is 26.7 Å². The van der Waals surface area contributed by atoms with Crippen LogP contribution in [-0.2, 0) is 22.1 Å². The second-order valence-electron chi connectivity index (χ2n) is 3.80. The minimum Gasteiger partial charge on any atom is -0.466 e. The minimum absolute atomic E-state index is 0.00304. The van der Waals surface area contributed by atoms with Crippen LogP contribution >= 0.6 is 0 Å². The molecule has 0 aliphatic carbocycles. The zero-order chi connectivity index (χ0) is 16.2. The molecule has 0 unspecified atom stereocenters. The maximum absolute atomic E-state index is 12.9. The van der Waals surface area contributed by atoms with Crippen molar-refractivity contribution in [2.24, 2.45) is 0 Å². The Kier molecular flexibility index (Phi) is 5.18. The highest BCUT2D eigenvalue weighted by atomic mass is 19.4. The molecule has 0 radical (unpaired) electrons. The zero-order valence-electron chi connectivity index (χ0n) is 10.7. The van der Waals surface area contributed by atoms with E-state index >= 15 is 0 Å². The Labute approximate surface area is 116 Å². The van der Waals surface area contributed by atoms with Gasteiger partial charge in [0.1, 0.15) is 6.07 Å². The van der Waals surface area contributed by atoms with Crippen molar-refractivity contribution in [3.63, 3.8) is 0 Å². The van der Waals surface area contributed by atoms with E-state index in [1.807, 2.05) is 0 Å². The SMILES string of the molecule is CCOC(=O)Cc1ncc(C(F)(F)F)c(C(F)F)c1C#N. The quantitative estimate of drug-likeness (QED) is 0.633. The van der Waals surface area contributed by atoms with Crippen molar-refractivity contribution in [2.75, 3.05) is 6.61 Å². The van der Waals surface area contributed by atoms with Crippen LogP contribution in [0.5, 0.6) is 0 Å². The highest BCUT2D eigenvalue weighted by Crippen LogP contribution is 2.38. The Morgan fingerprint density at radius 3 is 2.52 bits per heavy atom. The molecule has 0 saturated heterocycles. The molecule has 0 amide bonds. The number of halogens is 5. The van der Waals surface area contributed by atoms with E-state index in [-0.39, 0.29) is 12.8 Å². The molecule has 0 bridgehead atoms. The van der Waals surface area contributed by atoms with Gasteiger partial charge in [0.25, 0.3) is 6.43 Å². The maximum Gasteiger partial charge on any atom is 0.418 e. The molecule has 1 rings (SSSR count). The van der Waals surface area contributed by atoms with Gasteiger partial charge in [-0.3, -0.25) is 9.78 Å². The minimum atomic E-state index is -5.08. The van der Waals surface area contributed by atoms with E-state index < -0.39 is 47.4 Å². The molecule has 1 heterocycles. The lowest BCUT2D eigenvalue weighted by Gasteiger charge is -2.15. The Morgan fingerprint density at radius 1 is 1.48 bits per heavy atom. The molecule has 114 valence electrons. The molecule has 0 N–H and O–H groups in total. The number of hydrogen-bond acceptors (Lipinski definition) is 4. The molecule has 0 spiro atoms. The van der Waals surface area contributed by atoms with Crippen molar-refractivity contribution in [2.45, 2.75) is 25.9 Å². The average molecular weight is 308 g/mol. The summed E-state index contributed by atoms with van der Waals surface area (Å²) in [5.74, 6) is -0.874. The lowest BCUT2D eigenvalue weighted by molar-refractivity contribution is -0.142. The van der Waals surface area contributed by atoms with Gasteiger partial charge >= 0.3 is 12.1 Å². The third kappa shape index (κ3) is 3.87. The summed E-state index contributed by atoms with van der Waals surface area (Å²) in [5.41, 5.74) is -4.59. The first kappa shape index (κ1) is 16.8. The number of alkyl halides is 5. The first-order chi connectivity index (χ1) is 9.72. The summed E-state index contributed by atoms with van der Waals surface area (Å²) < 4.78 is 68.3. The van der Waals surface area contributed by atoms with E-state index in [0.29, 0.717) is 0 Å². The fraction of sp³-hybridized carbons (Fsp3) is 0.417.